The van der Waals surface area contributed by atoms with Gasteiger partial charge in [-0.3, -0.25) is 0 Å². The van der Waals surface area contributed by atoms with Crippen molar-refractivity contribution in [2.45, 2.75) is 96.3 Å². The van der Waals surface area contributed by atoms with Gasteiger partial charge in [-0.2, -0.15) is 0 Å². The number of aryl methyl sites for hydroxylation is 1. The van der Waals surface area contributed by atoms with Crippen LogP contribution in [0.2, 0.25) is 0 Å². The molecule has 0 fully saturated rings. The lowest BCUT2D eigenvalue weighted by molar-refractivity contribution is 0.0394. The first-order chi connectivity index (χ1) is 18.7. The number of benzene rings is 2. The van der Waals surface area contributed by atoms with Crippen LogP contribution in [0.5, 0.6) is 0 Å². The summed E-state index contributed by atoms with van der Waals surface area (Å²) in [5, 5.41) is 30.6. The summed E-state index contributed by atoms with van der Waals surface area (Å²) >= 11 is 0. The third-order valence-corrected chi connectivity index (χ3v) is 5.93. The Kier molecular flexibility index (Phi) is 12.9. The van der Waals surface area contributed by atoms with Crippen molar-refractivity contribution >= 4 is 12.2 Å². The molecule has 0 heterocycles. The zero-order valence-electron chi connectivity index (χ0n) is 24.6. The van der Waals surface area contributed by atoms with E-state index in [1.54, 1.807) is 41.5 Å². The van der Waals surface area contributed by atoms with Crippen molar-refractivity contribution in [1.29, 1.82) is 0 Å². The average molecular weight is 558 g/mol. The second kappa shape index (κ2) is 15.6. The van der Waals surface area contributed by atoms with Crippen molar-refractivity contribution in [2.75, 3.05) is 13.1 Å². The Balaban J connectivity index is 2.01. The molecule has 0 aliphatic carbocycles. The summed E-state index contributed by atoms with van der Waals surface area (Å²) in [7, 11) is 0. The van der Waals surface area contributed by atoms with Crippen LogP contribution in [-0.2, 0) is 22.3 Å². The summed E-state index contributed by atoms with van der Waals surface area (Å²) in [6, 6.07) is 18.2. The number of hydrogen-bond acceptors (Lipinski definition) is 7. The second-order valence-corrected chi connectivity index (χ2v) is 12.0. The highest BCUT2D eigenvalue weighted by atomic mass is 16.6. The van der Waals surface area contributed by atoms with Crippen LogP contribution >= 0.6 is 0 Å². The van der Waals surface area contributed by atoms with Crippen molar-refractivity contribution < 1.29 is 29.3 Å². The van der Waals surface area contributed by atoms with E-state index < -0.39 is 47.7 Å². The first-order valence-corrected chi connectivity index (χ1v) is 13.9. The fraction of sp³-hybridized carbons (Fsp3) is 0.548. The third-order valence-electron chi connectivity index (χ3n) is 5.93. The van der Waals surface area contributed by atoms with E-state index in [1.165, 1.54) is 0 Å². The minimum Gasteiger partial charge on any atom is -0.444 e. The number of aliphatic hydroxyl groups excluding tert-OH is 2. The Labute approximate surface area is 238 Å². The van der Waals surface area contributed by atoms with Crippen LogP contribution in [0.1, 0.15) is 59.1 Å². The molecule has 0 saturated carbocycles. The molecule has 2 aromatic carbocycles. The summed E-state index contributed by atoms with van der Waals surface area (Å²) in [4.78, 5) is 24.9. The molecule has 40 heavy (non-hydrogen) atoms. The monoisotopic (exact) mass is 557 g/mol. The predicted octanol–water partition coefficient (Wildman–Crippen LogP) is 3.96. The maximum absolute atomic E-state index is 12.5. The normalized spacial score (nSPS) is 14.9. The zero-order chi connectivity index (χ0) is 29.8. The molecule has 1 unspecified atom stereocenters. The van der Waals surface area contributed by atoms with E-state index in [0.29, 0.717) is 19.3 Å². The molecule has 4 atom stereocenters. The molecule has 0 radical (unpaired) electrons. The summed E-state index contributed by atoms with van der Waals surface area (Å²) in [6.07, 6.45) is -1.60. The Bertz CT molecular complexity index is 1020. The molecular formula is C31H47N3O6. The number of carbonyl (C=O) groups is 2. The van der Waals surface area contributed by atoms with E-state index in [-0.39, 0.29) is 13.1 Å². The van der Waals surface area contributed by atoms with Crippen molar-refractivity contribution in [2.24, 2.45) is 0 Å². The smallest absolute Gasteiger partial charge is 0.407 e. The van der Waals surface area contributed by atoms with Gasteiger partial charge >= 0.3 is 12.2 Å². The molecule has 0 aliphatic heterocycles. The molecule has 9 nitrogen and oxygen atoms in total. The zero-order valence-corrected chi connectivity index (χ0v) is 24.6. The molecule has 2 aromatic rings. The van der Waals surface area contributed by atoms with Gasteiger partial charge in [0.25, 0.3) is 0 Å². The molecule has 5 N–H and O–H groups in total. The molecule has 0 bridgehead atoms. The van der Waals surface area contributed by atoms with Gasteiger partial charge in [0, 0.05) is 13.1 Å². The lowest BCUT2D eigenvalue weighted by Gasteiger charge is -2.29. The molecule has 2 rings (SSSR count). The van der Waals surface area contributed by atoms with Crippen molar-refractivity contribution in [3.8, 4) is 0 Å². The van der Waals surface area contributed by atoms with Gasteiger partial charge in [0.15, 0.2) is 0 Å². The SMILES string of the molecule is CC(C)(C)OC(=O)NC(CCc1ccccc1)[C@H](O)CNC[C@@H](O)[C@H](Cc1ccccc1)NC(=O)OC(C)(C)C. The quantitative estimate of drug-likeness (QED) is 0.252. The number of aliphatic hydroxyl groups is 2. The molecule has 0 spiro atoms. The van der Waals surface area contributed by atoms with Gasteiger partial charge in [-0.25, -0.2) is 9.59 Å². The van der Waals surface area contributed by atoms with Gasteiger partial charge in [-0.05, 0) is 71.9 Å². The fourth-order valence-corrected chi connectivity index (χ4v) is 4.06. The van der Waals surface area contributed by atoms with Crippen LogP contribution in [0.15, 0.2) is 60.7 Å². The first kappa shape index (κ1) is 33.1. The Morgan fingerprint density at radius 3 is 1.60 bits per heavy atom. The van der Waals surface area contributed by atoms with E-state index in [9.17, 15) is 19.8 Å². The Hall–Kier alpha value is -3.14. The fourth-order valence-electron chi connectivity index (χ4n) is 4.06. The Morgan fingerprint density at radius 1 is 0.700 bits per heavy atom. The number of rotatable bonds is 13. The number of carbonyl (C=O) groups excluding carboxylic acids is 2. The van der Waals surface area contributed by atoms with Crippen LogP contribution in [0.3, 0.4) is 0 Å². The van der Waals surface area contributed by atoms with Crippen LogP contribution in [0.25, 0.3) is 0 Å². The second-order valence-electron chi connectivity index (χ2n) is 12.0. The van der Waals surface area contributed by atoms with E-state index in [2.05, 4.69) is 16.0 Å². The maximum atomic E-state index is 12.5. The summed E-state index contributed by atoms with van der Waals surface area (Å²) in [5.74, 6) is 0. The maximum Gasteiger partial charge on any atom is 0.407 e. The lowest BCUT2D eigenvalue weighted by Crippen LogP contribution is -2.52. The number of amides is 2. The third kappa shape index (κ3) is 13.8. The average Bonchev–Trinajstić information content (AvgIpc) is 2.85. The van der Waals surface area contributed by atoms with Gasteiger partial charge in [0.05, 0.1) is 24.3 Å². The number of hydrogen-bond donors (Lipinski definition) is 5. The topological polar surface area (TPSA) is 129 Å². The molecule has 0 aromatic heterocycles. The molecule has 222 valence electrons. The van der Waals surface area contributed by atoms with Gasteiger partial charge in [0.2, 0.25) is 0 Å². The van der Waals surface area contributed by atoms with Gasteiger partial charge in [-0.15, -0.1) is 0 Å². The summed E-state index contributed by atoms with van der Waals surface area (Å²) in [6.45, 7) is 10.9. The minimum absolute atomic E-state index is 0.0994. The van der Waals surface area contributed by atoms with Crippen LogP contribution in [0, 0.1) is 0 Å². The summed E-state index contributed by atoms with van der Waals surface area (Å²) in [5.41, 5.74) is 0.692. The Morgan fingerprint density at radius 2 is 1.12 bits per heavy atom. The molecular weight excluding hydrogens is 510 g/mol. The van der Waals surface area contributed by atoms with Crippen molar-refractivity contribution in [3.63, 3.8) is 0 Å². The van der Waals surface area contributed by atoms with Crippen LogP contribution in [-0.4, -0.2) is 71.0 Å². The highest BCUT2D eigenvalue weighted by Gasteiger charge is 2.27. The van der Waals surface area contributed by atoms with E-state index >= 15 is 0 Å². The van der Waals surface area contributed by atoms with Crippen LogP contribution in [0.4, 0.5) is 9.59 Å². The highest BCUT2D eigenvalue weighted by molar-refractivity contribution is 5.68. The first-order valence-electron chi connectivity index (χ1n) is 13.9. The molecule has 0 saturated heterocycles. The van der Waals surface area contributed by atoms with Crippen molar-refractivity contribution in [3.05, 3.63) is 71.8 Å². The van der Waals surface area contributed by atoms with Gasteiger partial charge in [0.1, 0.15) is 11.2 Å². The number of nitrogens with one attached hydrogen (secondary N) is 3. The molecule has 2 amide bonds. The molecule has 0 aliphatic rings. The lowest BCUT2D eigenvalue weighted by atomic mass is 10.00. The molecule has 9 heteroatoms. The number of alkyl carbamates (subject to hydrolysis) is 2. The standard InChI is InChI=1S/C31H47N3O6/c1-30(2,3)39-28(37)33-24(18-17-22-13-9-7-10-14-22)26(35)20-32-21-27(36)25(19-23-15-11-8-12-16-23)34-29(38)40-31(4,5)6/h7-16,24-27,32,35-36H,17-21H2,1-6H3,(H,33,37)(H,34,38)/t24?,25-,26+,27+/m0/s1. The van der Waals surface area contributed by atoms with Crippen LogP contribution < -0.4 is 16.0 Å². The number of ether oxygens (including phenoxy) is 2. The van der Waals surface area contributed by atoms with Crippen molar-refractivity contribution in [1.82, 2.24) is 16.0 Å². The highest BCUT2D eigenvalue weighted by Crippen LogP contribution is 2.13. The van der Waals surface area contributed by atoms with E-state index in [4.69, 9.17) is 9.47 Å². The predicted molar refractivity (Wildman–Crippen MR) is 156 cm³/mol. The van der Waals surface area contributed by atoms with E-state index in [1.807, 2.05) is 60.7 Å². The minimum atomic E-state index is -0.971. The summed E-state index contributed by atoms with van der Waals surface area (Å²) < 4.78 is 10.8. The van der Waals surface area contributed by atoms with E-state index in [0.717, 1.165) is 11.1 Å². The largest absolute Gasteiger partial charge is 0.444 e. The van der Waals surface area contributed by atoms with Gasteiger partial charge < -0.3 is 35.6 Å². The van der Waals surface area contributed by atoms with Gasteiger partial charge in [-0.1, -0.05) is 60.7 Å².